The minimum absolute atomic E-state index is 0.157. The maximum absolute atomic E-state index is 11.8. The Balaban J connectivity index is 2.27. The van der Waals surface area contributed by atoms with Crippen LogP contribution in [0.25, 0.3) is 11.3 Å². The zero-order chi connectivity index (χ0) is 14.7. The van der Waals surface area contributed by atoms with Crippen LogP contribution in [0.2, 0.25) is 10.0 Å². The van der Waals surface area contributed by atoms with Crippen LogP contribution in [0.4, 0.5) is 0 Å². The van der Waals surface area contributed by atoms with Crippen LogP contribution in [-0.4, -0.2) is 29.9 Å². The van der Waals surface area contributed by atoms with Gasteiger partial charge < -0.3 is 9.42 Å². The molecule has 0 bridgehead atoms. The van der Waals surface area contributed by atoms with Gasteiger partial charge in [-0.15, -0.1) is 0 Å². The number of benzene rings is 1. The van der Waals surface area contributed by atoms with E-state index in [9.17, 15) is 4.79 Å². The summed E-state index contributed by atoms with van der Waals surface area (Å²) in [7, 11) is 3.64. The molecule has 0 atom stereocenters. The Morgan fingerprint density at radius 3 is 2.70 bits per heavy atom. The maximum atomic E-state index is 11.8. The second-order valence-electron chi connectivity index (χ2n) is 4.34. The molecule has 2 aromatic rings. The second-order valence-corrected chi connectivity index (χ2v) is 5.19. The van der Waals surface area contributed by atoms with Crippen molar-refractivity contribution in [3.63, 3.8) is 0 Å². The summed E-state index contributed by atoms with van der Waals surface area (Å²) in [5.41, 5.74) is 1.16. The van der Waals surface area contributed by atoms with E-state index in [-0.39, 0.29) is 11.5 Å². The predicted octanol–water partition coefficient (Wildman–Crippen LogP) is 3.91. The Kier molecular flexibility index (Phi) is 4.47. The van der Waals surface area contributed by atoms with E-state index in [2.05, 4.69) is 5.16 Å². The lowest BCUT2D eigenvalue weighted by molar-refractivity contribution is 0.101. The molecular weight excluding hydrogens is 299 g/mol. The van der Waals surface area contributed by atoms with E-state index in [1.54, 1.807) is 35.4 Å². The minimum Gasteiger partial charge on any atom is -0.383 e. The van der Waals surface area contributed by atoms with Gasteiger partial charge in [0.05, 0.1) is 5.02 Å². The molecule has 2 rings (SSSR count). The molecule has 104 valence electrons. The third kappa shape index (κ3) is 3.40. The van der Waals surface area contributed by atoms with Crippen molar-refractivity contribution in [2.24, 2.45) is 0 Å². The fourth-order valence-corrected chi connectivity index (χ4v) is 2.02. The number of nitrogens with zero attached hydrogens (tertiary/aromatic N) is 2. The largest absolute Gasteiger partial charge is 0.383 e. The Hall–Kier alpha value is -1.78. The quantitative estimate of drug-likeness (QED) is 0.634. The van der Waals surface area contributed by atoms with Gasteiger partial charge in [0.1, 0.15) is 5.69 Å². The standard InChI is InChI=1S/C14H12Cl2N2O2/c1-18(2)6-5-13(19)14-8-12(17-20-14)10-4-3-9(15)7-11(10)16/h3-8H,1-2H3. The lowest BCUT2D eigenvalue weighted by Gasteiger charge is -2.01. The number of hydrogen-bond donors (Lipinski definition) is 0. The van der Waals surface area contributed by atoms with Gasteiger partial charge in [-0.05, 0) is 18.2 Å². The summed E-state index contributed by atoms with van der Waals surface area (Å²) in [5, 5.41) is 4.84. The molecule has 1 aromatic carbocycles. The average molecular weight is 311 g/mol. The first kappa shape index (κ1) is 14.6. The summed E-state index contributed by atoms with van der Waals surface area (Å²) >= 11 is 11.9. The van der Waals surface area contributed by atoms with Crippen LogP contribution in [0.5, 0.6) is 0 Å². The molecule has 0 aliphatic rings. The van der Waals surface area contributed by atoms with Crippen LogP contribution in [-0.2, 0) is 0 Å². The third-order valence-corrected chi connectivity index (χ3v) is 3.03. The van der Waals surface area contributed by atoms with Crippen molar-refractivity contribution in [1.82, 2.24) is 10.1 Å². The molecule has 0 N–H and O–H groups in total. The molecule has 0 radical (unpaired) electrons. The highest BCUT2D eigenvalue weighted by atomic mass is 35.5. The number of ketones is 1. The normalized spacial score (nSPS) is 11.0. The minimum atomic E-state index is -0.262. The molecule has 0 spiro atoms. The molecule has 0 aliphatic heterocycles. The molecule has 1 heterocycles. The van der Waals surface area contributed by atoms with Crippen molar-refractivity contribution in [3.8, 4) is 11.3 Å². The van der Waals surface area contributed by atoms with E-state index in [0.29, 0.717) is 21.3 Å². The summed E-state index contributed by atoms with van der Waals surface area (Å²) in [6.07, 6.45) is 3.05. The third-order valence-electron chi connectivity index (χ3n) is 2.48. The Bertz CT molecular complexity index is 663. The first-order chi connectivity index (χ1) is 9.47. The molecule has 20 heavy (non-hydrogen) atoms. The van der Waals surface area contributed by atoms with Gasteiger partial charge in [-0.25, -0.2) is 0 Å². The highest BCUT2D eigenvalue weighted by Crippen LogP contribution is 2.29. The molecule has 4 nitrogen and oxygen atoms in total. The molecule has 0 unspecified atom stereocenters. The first-order valence-corrected chi connectivity index (χ1v) is 6.54. The fraction of sp³-hybridized carbons (Fsp3) is 0.143. The van der Waals surface area contributed by atoms with Crippen molar-refractivity contribution < 1.29 is 9.32 Å². The van der Waals surface area contributed by atoms with Crippen molar-refractivity contribution in [3.05, 3.63) is 52.3 Å². The highest BCUT2D eigenvalue weighted by Gasteiger charge is 2.14. The Labute approximate surface area is 126 Å². The molecule has 0 saturated carbocycles. The second kappa shape index (κ2) is 6.11. The number of allylic oxidation sites excluding steroid dienone is 1. The molecule has 1 aromatic heterocycles. The number of aromatic nitrogens is 1. The van der Waals surface area contributed by atoms with Gasteiger partial charge in [0.15, 0.2) is 0 Å². The van der Waals surface area contributed by atoms with Crippen LogP contribution in [0.3, 0.4) is 0 Å². The maximum Gasteiger partial charge on any atom is 0.225 e. The molecule has 0 aliphatic carbocycles. The van der Waals surface area contributed by atoms with E-state index >= 15 is 0 Å². The van der Waals surface area contributed by atoms with E-state index in [0.717, 1.165) is 0 Å². The van der Waals surface area contributed by atoms with Gasteiger partial charge in [-0.2, -0.15) is 0 Å². The summed E-state index contributed by atoms with van der Waals surface area (Å²) < 4.78 is 5.04. The van der Waals surface area contributed by atoms with Crippen LogP contribution in [0, 0.1) is 0 Å². The van der Waals surface area contributed by atoms with Gasteiger partial charge in [-0.3, -0.25) is 4.79 Å². The van der Waals surface area contributed by atoms with Crippen molar-refractivity contribution in [2.75, 3.05) is 14.1 Å². The van der Waals surface area contributed by atoms with Gasteiger partial charge in [0.2, 0.25) is 11.5 Å². The summed E-state index contributed by atoms with van der Waals surface area (Å²) in [4.78, 5) is 13.6. The number of hydrogen-bond acceptors (Lipinski definition) is 4. The highest BCUT2D eigenvalue weighted by molar-refractivity contribution is 6.36. The SMILES string of the molecule is CN(C)C=CC(=O)c1cc(-c2ccc(Cl)cc2Cl)no1. The lowest BCUT2D eigenvalue weighted by Crippen LogP contribution is -2.02. The molecular formula is C14H12Cl2N2O2. The zero-order valence-electron chi connectivity index (χ0n) is 10.9. The van der Waals surface area contributed by atoms with Crippen molar-refractivity contribution >= 4 is 29.0 Å². The average Bonchev–Trinajstić information content (AvgIpc) is 2.85. The van der Waals surface area contributed by atoms with Gasteiger partial charge in [0.25, 0.3) is 0 Å². The number of rotatable bonds is 4. The molecule has 0 saturated heterocycles. The number of carbonyl (C=O) groups excluding carboxylic acids is 1. The topological polar surface area (TPSA) is 46.3 Å². The Morgan fingerprint density at radius 1 is 1.30 bits per heavy atom. The fourth-order valence-electron chi connectivity index (χ4n) is 1.51. The van der Waals surface area contributed by atoms with Gasteiger partial charge in [-0.1, -0.05) is 28.4 Å². The van der Waals surface area contributed by atoms with Crippen molar-refractivity contribution in [1.29, 1.82) is 0 Å². The molecule has 6 heteroatoms. The monoisotopic (exact) mass is 310 g/mol. The summed E-state index contributed by atoms with van der Waals surface area (Å²) in [5.74, 6) is -0.105. The summed E-state index contributed by atoms with van der Waals surface area (Å²) in [6, 6.07) is 6.59. The first-order valence-electron chi connectivity index (χ1n) is 5.78. The smallest absolute Gasteiger partial charge is 0.225 e. The van der Waals surface area contributed by atoms with E-state index in [1.165, 1.54) is 6.08 Å². The Morgan fingerprint density at radius 2 is 2.05 bits per heavy atom. The summed E-state index contributed by atoms with van der Waals surface area (Å²) in [6.45, 7) is 0. The van der Waals surface area contributed by atoms with Gasteiger partial charge >= 0.3 is 0 Å². The number of carbonyl (C=O) groups is 1. The van der Waals surface area contributed by atoms with Crippen LogP contribution in [0.15, 0.2) is 41.1 Å². The van der Waals surface area contributed by atoms with Crippen molar-refractivity contribution in [2.45, 2.75) is 0 Å². The van der Waals surface area contributed by atoms with E-state index in [1.807, 2.05) is 14.1 Å². The van der Waals surface area contributed by atoms with Gasteiger partial charge in [0, 0.05) is 43.0 Å². The van der Waals surface area contributed by atoms with Crippen LogP contribution in [0.1, 0.15) is 10.6 Å². The number of halogens is 2. The molecule has 0 amide bonds. The van der Waals surface area contributed by atoms with E-state index in [4.69, 9.17) is 27.7 Å². The van der Waals surface area contributed by atoms with Crippen LogP contribution < -0.4 is 0 Å². The lowest BCUT2D eigenvalue weighted by atomic mass is 10.1. The molecule has 0 fully saturated rings. The van der Waals surface area contributed by atoms with Crippen LogP contribution >= 0.6 is 23.2 Å². The van der Waals surface area contributed by atoms with E-state index < -0.39 is 0 Å². The predicted molar refractivity (Wildman–Crippen MR) is 79.1 cm³/mol. The zero-order valence-corrected chi connectivity index (χ0v) is 12.4.